The van der Waals surface area contributed by atoms with E-state index in [-0.39, 0.29) is 6.61 Å². The van der Waals surface area contributed by atoms with Crippen molar-refractivity contribution < 1.29 is 22.5 Å². The van der Waals surface area contributed by atoms with Gasteiger partial charge in [-0.2, -0.15) is 0 Å². The number of Topliss-reactive ketones (excluding diaryl/α,β-unsaturated/α-hetero) is 1. The van der Waals surface area contributed by atoms with Gasteiger partial charge in [0.25, 0.3) is 0 Å². The van der Waals surface area contributed by atoms with Crippen molar-refractivity contribution in [2.75, 3.05) is 6.61 Å². The molecule has 4 atom stereocenters. The maximum atomic E-state index is 12.2. The first-order valence-corrected chi connectivity index (χ1v) is 6.75. The van der Waals surface area contributed by atoms with Crippen molar-refractivity contribution in [1.29, 1.82) is 0 Å². The van der Waals surface area contributed by atoms with Crippen LogP contribution in [0, 0.1) is 16.7 Å². The molecule has 1 heterocycles. The van der Waals surface area contributed by atoms with Crippen LogP contribution in [-0.2, 0) is 19.6 Å². The van der Waals surface area contributed by atoms with Crippen LogP contribution >= 0.6 is 0 Å². The Bertz CT molecular complexity index is 497. The van der Waals surface area contributed by atoms with Gasteiger partial charge in [0.15, 0.2) is 5.78 Å². The lowest BCUT2D eigenvalue weighted by atomic mass is 9.69. The number of ketones is 1. The lowest BCUT2D eigenvalue weighted by Gasteiger charge is -2.41. The summed E-state index contributed by atoms with van der Waals surface area (Å²) in [5.74, 6) is -0.972. The van der Waals surface area contributed by atoms with Crippen molar-refractivity contribution in [1.82, 2.24) is 0 Å². The molecule has 3 aliphatic rings. The zero-order chi connectivity index (χ0) is 12.0. The molecule has 6 heteroatoms. The Hall–Kier alpha value is -0.460. The second-order valence-corrected chi connectivity index (χ2v) is 7.09. The number of hydrogen-bond donors (Lipinski definition) is 0. The van der Waals surface area contributed by atoms with Crippen LogP contribution in [0.2, 0.25) is 0 Å². The molecule has 2 aliphatic carbocycles. The SMILES string of the molecule is CC12CCC3C1(C)COC3(S(=O)(=O)[O-])C2=O. The van der Waals surface area contributed by atoms with Crippen molar-refractivity contribution in [3.8, 4) is 0 Å². The fourth-order valence-electron chi connectivity index (χ4n) is 3.99. The Morgan fingerprint density at radius 3 is 2.44 bits per heavy atom. The molecular formula is C10H13O5S-. The minimum absolute atomic E-state index is 0.196. The fourth-order valence-corrected chi connectivity index (χ4v) is 5.37. The third-order valence-corrected chi connectivity index (χ3v) is 6.53. The molecule has 0 aromatic carbocycles. The normalized spacial score (nSPS) is 54.9. The summed E-state index contributed by atoms with van der Waals surface area (Å²) in [6, 6.07) is 0. The third-order valence-electron chi connectivity index (χ3n) is 5.20. The van der Waals surface area contributed by atoms with Crippen molar-refractivity contribution in [3.05, 3.63) is 0 Å². The van der Waals surface area contributed by atoms with E-state index in [1.54, 1.807) is 6.92 Å². The molecule has 0 radical (unpaired) electrons. The highest BCUT2D eigenvalue weighted by atomic mass is 32.2. The van der Waals surface area contributed by atoms with Crippen molar-refractivity contribution >= 4 is 15.9 Å². The smallest absolute Gasteiger partial charge is 0.219 e. The van der Waals surface area contributed by atoms with Crippen molar-refractivity contribution in [3.63, 3.8) is 0 Å². The van der Waals surface area contributed by atoms with Crippen LogP contribution < -0.4 is 0 Å². The maximum absolute atomic E-state index is 12.2. The molecule has 3 rings (SSSR count). The summed E-state index contributed by atoms with van der Waals surface area (Å²) in [6.45, 7) is 3.83. The number of rotatable bonds is 1. The maximum Gasteiger partial charge on any atom is 0.219 e. The molecule has 4 unspecified atom stereocenters. The van der Waals surface area contributed by atoms with E-state index in [1.165, 1.54) is 0 Å². The van der Waals surface area contributed by atoms with Gasteiger partial charge in [-0.25, -0.2) is 8.42 Å². The number of carbonyl (C=O) groups is 1. The predicted octanol–water partition coefficient (Wildman–Crippen LogP) is 0.263. The molecule has 2 saturated carbocycles. The van der Waals surface area contributed by atoms with Gasteiger partial charge in [-0.3, -0.25) is 4.79 Å². The van der Waals surface area contributed by atoms with Gasteiger partial charge in [0.1, 0.15) is 10.1 Å². The van der Waals surface area contributed by atoms with Crippen molar-refractivity contribution in [2.45, 2.75) is 31.6 Å². The second kappa shape index (κ2) is 2.37. The minimum atomic E-state index is -4.75. The van der Waals surface area contributed by atoms with Gasteiger partial charge in [0.05, 0.1) is 6.61 Å². The van der Waals surface area contributed by atoms with Gasteiger partial charge in [-0.1, -0.05) is 13.8 Å². The zero-order valence-corrected chi connectivity index (χ0v) is 9.96. The molecule has 0 N–H and O–H groups in total. The summed E-state index contributed by atoms with van der Waals surface area (Å²) >= 11 is 0. The molecule has 5 nitrogen and oxygen atoms in total. The molecule has 0 aromatic rings. The number of hydrogen-bond acceptors (Lipinski definition) is 5. The van der Waals surface area contributed by atoms with Crippen LogP contribution in [0.4, 0.5) is 0 Å². The first-order chi connectivity index (χ1) is 7.20. The molecule has 0 spiro atoms. The van der Waals surface area contributed by atoms with Gasteiger partial charge >= 0.3 is 0 Å². The van der Waals surface area contributed by atoms with Crippen LogP contribution in [0.1, 0.15) is 26.7 Å². The fraction of sp³-hybridized carbons (Fsp3) is 0.900. The molecule has 0 amide bonds. The summed E-state index contributed by atoms with van der Waals surface area (Å²) in [5, 5.41) is 0. The predicted molar refractivity (Wildman–Crippen MR) is 52.3 cm³/mol. The van der Waals surface area contributed by atoms with E-state index in [1.807, 2.05) is 6.92 Å². The molecule has 1 saturated heterocycles. The molecule has 16 heavy (non-hydrogen) atoms. The third kappa shape index (κ3) is 0.716. The quantitative estimate of drug-likeness (QED) is 0.619. The Kier molecular flexibility index (Phi) is 1.58. The lowest BCUT2D eigenvalue weighted by molar-refractivity contribution is -0.151. The van der Waals surface area contributed by atoms with Crippen LogP contribution in [-0.4, -0.2) is 30.3 Å². The van der Waals surface area contributed by atoms with Gasteiger partial charge in [-0.05, 0) is 12.8 Å². The summed E-state index contributed by atoms with van der Waals surface area (Å²) in [4.78, 5) is 10.1. The molecule has 1 aliphatic heterocycles. The lowest BCUT2D eigenvalue weighted by Crippen LogP contribution is -2.55. The van der Waals surface area contributed by atoms with Gasteiger partial charge < -0.3 is 9.29 Å². The zero-order valence-electron chi connectivity index (χ0n) is 9.15. The first-order valence-electron chi connectivity index (χ1n) is 5.34. The average Bonchev–Trinajstić information content (AvgIpc) is 2.63. The van der Waals surface area contributed by atoms with Crippen molar-refractivity contribution in [2.24, 2.45) is 16.7 Å². The average molecular weight is 245 g/mol. The Morgan fingerprint density at radius 2 is 2.06 bits per heavy atom. The Balaban J connectivity index is 2.31. The van der Waals surface area contributed by atoms with Crippen LogP contribution in [0.15, 0.2) is 0 Å². The minimum Gasteiger partial charge on any atom is -0.745 e. The van der Waals surface area contributed by atoms with E-state index in [0.29, 0.717) is 12.8 Å². The second-order valence-electron chi connectivity index (χ2n) is 5.58. The summed E-state index contributed by atoms with van der Waals surface area (Å²) in [6.07, 6.45) is 1.24. The van der Waals surface area contributed by atoms with E-state index in [0.717, 1.165) is 0 Å². The standard InChI is InChI=1S/C10H14O5S/c1-8-4-3-6-9(8,2)5-15-10(6,7(8)11)16(12,13)14/h6H,3-5H2,1-2H3,(H,12,13,14)/p-1. The molecule has 3 fully saturated rings. The van der Waals surface area contributed by atoms with Crippen LogP contribution in [0.5, 0.6) is 0 Å². The highest BCUT2D eigenvalue weighted by molar-refractivity contribution is 7.88. The summed E-state index contributed by atoms with van der Waals surface area (Å²) in [5.41, 5.74) is -1.19. The van der Waals surface area contributed by atoms with Crippen LogP contribution in [0.25, 0.3) is 0 Å². The van der Waals surface area contributed by atoms with E-state index < -0.39 is 37.6 Å². The molecular weight excluding hydrogens is 232 g/mol. The largest absolute Gasteiger partial charge is 0.745 e. The van der Waals surface area contributed by atoms with Gasteiger partial charge in [-0.15, -0.1) is 0 Å². The number of carbonyl (C=O) groups excluding carboxylic acids is 1. The van der Waals surface area contributed by atoms with E-state index in [4.69, 9.17) is 4.74 Å². The van der Waals surface area contributed by atoms with Gasteiger partial charge in [0, 0.05) is 16.7 Å². The Morgan fingerprint density at radius 1 is 1.44 bits per heavy atom. The van der Waals surface area contributed by atoms with Gasteiger partial charge in [0.2, 0.25) is 4.93 Å². The summed E-state index contributed by atoms with van der Waals surface area (Å²) in [7, 11) is -4.75. The topological polar surface area (TPSA) is 83.5 Å². The molecule has 0 aromatic heterocycles. The van der Waals surface area contributed by atoms with E-state index >= 15 is 0 Å². The highest BCUT2D eigenvalue weighted by Gasteiger charge is 2.82. The highest BCUT2D eigenvalue weighted by Crippen LogP contribution is 2.73. The molecule has 4 bridgehead atoms. The first kappa shape index (κ1) is 10.7. The Labute approximate surface area is 93.9 Å². The van der Waals surface area contributed by atoms with E-state index in [9.17, 15) is 17.8 Å². The molecule has 90 valence electrons. The summed E-state index contributed by atoms with van der Waals surface area (Å²) < 4.78 is 39.4. The van der Waals surface area contributed by atoms with E-state index in [2.05, 4.69) is 0 Å². The number of ether oxygens (including phenoxy) is 1. The van der Waals surface area contributed by atoms with Crippen LogP contribution in [0.3, 0.4) is 0 Å². The monoisotopic (exact) mass is 245 g/mol.